The first-order valence-electron chi connectivity index (χ1n) is 14.7. The van der Waals surface area contributed by atoms with E-state index in [1.807, 2.05) is 0 Å². The van der Waals surface area contributed by atoms with Gasteiger partial charge in [-0.1, -0.05) is 83.1 Å². The highest BCUT2D eigenvalue weighted by Gasteiger charge is 2.54. The van der Waals surface area contributed by atoms with E-state index in [1.165, 1.54) is 0 Å². The third-order valence-corrected chi connectivity index (χ3v) is 9.53. The monoisotopic (exact) mass is 579 g/mol. The Bertz CT molecular complexity index is 588. The van der Waals surface area contributed by atoms with Crippen molar-refractivity contribution in [1.29, 1.82) is 0 Å². The second kappa shape index (κ2) is 12.8. The highest BCUT2D eigenvalue weighted by atomic mass is 35.5. The van der Waals surface area contributed by atoms with Crippen LogP contribution in [0.4, 0.5) is 0 Å². The topological polar surface area (TPSA) is 48.1 Å². The fourth-order valence-corrected chi connectivity index (χ4v) is 11.7. The maximum atomic E-state index is 4.27. The minimum Gasteiger partial charge on any atom is -1.00 e. The summed E-state index contributed by atoms with van der Waals surface area (Å²) in [5, 5.41) is 17.1. The summed E-state index contributed by atoms with van der Waals surface area (Å²) in [6.07, 6.45) is 4.30. The number of hydrogen-bond acceptors (Lipinski definition) is 4. The van der Waals surface area contributed by atoms with Crippen molar-refractivity contribution in [2.24, 2.45) is 21.7 Å². The Morgan fingerprint density at radius 1 is 0.316 bits per heavy atom. The fourth-order valence-electron chi connectivity index (χ4n) is 7.45. The van der Waals surface area contributed by atoms with Gasteiger partial charge in [0.05, 0.1) is 22.2 Å². The van der Waals surface area contributed by atoms with Crippen LogP contribution in [-0.2, 0) is 0 Å². The van der Waals surface area contributed by atoms with E-state index < -0.39 is 7.87 Å². The molecule has 0 aromatic heterocycles. The van der Waals surface area contributed by atoms with Gasteiger partial charge >= 0.3 is 0 Å². The van der Waals surface area contributed by atoms with Crippen LogP contribution in [0.15, 0.2) is 0 Å². The predicted molar refractivity (Wildman–Crippen MR) is 172 cm³/mol. The number of rotatable bonds is 12. The second-order valence-electron chi connectivity index (χ2n) is 19.6. The van der Waals surface area contributed by atoms with E-state index >= 15 is 0 Å². The zero-order chi connectivity index (χ0) is 30.2. The highest BCUT2D eigenvalue weighted by molar-refractivity contribution is 7.68. The average Bonchev–Trinajstić information content (AvgIpc) is 2.29. The number of hydrogen-bond donors (Lipinski definition) is 4. The van der Waals surface area contributed by atoms with Crippen molar-refractivity contribution in [3.63, 3.8) is 0 Å². The minimum absolute atomic E-state index is 0. The van der Waals surface area contributed by atoms with E-state index in [0.29, 0.717) is 0 Å². The van der Waals surface area contributed by atoms with Gasteiger partial charge in [-0.05, 0) is 103 Å². The summed E-state index contributed by atoms with van der Waals surface area (Å²) in [5.74, 6) is 0. The van der Waals surface area contributed by atoms with Crippen molar-refractivity contribution in [2.45, 2.75) is 186 Å². The van der Waals surface area contributed by atoms with Crippen LogP contribution >= 0.6 is 7.87 Å². The maximum Gasteiger partial charge on any atom is 0.300 e. The van der Waals surface area contributed by atoms with E-state index in [0.717, 1.165) is 25.7 Å². The molecule has 0 radical (unpaired) electrons. The van der Waals surface area contributed by atoms with Crippen molar-refractivity contribution >= 4 is 7.87 Å². The van der Waals surface area contributed by atoms with Crippen molar-refractivity contribution in [1.82, 2.24) is 20.3 Å². The van der Waals surface area contributed by atoms with Crippen LogP contribution in [0.5, 0.6) is 0 Å². The average molecular weight is 579 g/mol. The molecule has 0 saturated heterocycles. The van der Waals surface area contributed by atoms with Gasteiger partial charge in [-0.2, -0.15) is 0 Å². The van der Waals surface area contributed by atoms with Gasteiger partial charge < -0.3 is 12.4 Å². The Morgan fingerprint density at radius 2 is 0.447 bits per heavy atom. The van der Waals surface area contributed by atoms with Gasteiger partial charge in [-0.15, -0.1) is 20.3 Å². The Labute approximate surface area is 248 Å². The summed E-state index contributed by atoms with van der Waals surface area (Å²) < 4.78 is 0. The summed E-state index contributed by atoms with van der Waals surface area (Å²) in [6, 6.07) is 0. The van der Waals surface area contributed by atoms with Gasteiger partial charge in [-0.25, -0.2) is 0 Å². The SMILES string of the molecule is CC(C)(C)CC(C)(C)N[P+](NC(C)(C)CC(C)(C)C)(NC(C)(C)CC(C)(C)C)NC(C)(C)CC(C)(C)C.[Cl-]. The quantitative estimate of drug-likeness (QED) is 0.191. The molecule has 0 aliphatic heterocycles. The Kier molecular flexibility index (Phi) is 13.7. The molecule has 6 heteroatoms. The molecular weight excluding hydrogens is 507 g/mol. The molecule has 0 spiro atoms. The van der Waals surface area contributed by atoms with Gasteiger partial charge in [0.2, 0.25) is 0 Å². The van der Waals surface area contributed by atoms with Crippen LogP contribution in [0.3, 0.4) is 0 Å². The van der Waals surface area contributed by atoms with Gasteiger partial charge in [0.25, 0.3) is 7.87 Å². The molecule has 0 amide bonds. The summed E-state index contributed by atoms with van der Waals surface area (Å²) in [5.41, 5.74) is 0.561. The minimum atomic E-state index is -2.33. The molecule has 0 aliphatic rings. The van der Waals surface area contributed by atoms with Gasteiger partial charge in [0.1, 0.15) is 0 Å². The first-order valence-corrected chi connectivity index (χ1v) is 16.5. The molecule has 4 nitrogen and oxygen atoms in total. The summed E-state index contributed by atoms with van der Waals surface area (Å²) in [4.78, 5) is 0. The fraction of sp³-hybridized carbons (Fsp3) is 1.00. The molecule has 38 heavy (non-hydrogen) atoms. The molecule has 0 rings (SSSR count). The van der Waals surface area contributed by atoms with Crippen molar-refractivity contribution in [2.75, 3.05) is 0 Å². The van der Waals surface area contributed by atoms with E-state index in [2.05, 4.69) is 159 Å². The molecule has 0 fully saturated rings. The number of nitrogens with one attached hydrogen (secondary N) is 4. The van der Waals surface area contributed by atoms with Crippen molar-refractivity contribution in [3.05, 3.63) is 0 Å². The lowest BCUT2D eigenvalue weighted by Gasteiger charge is -2.48. The molecule has 4 N–H and O–H groups in total. The molecular formula is C32H72ClN4P. The lowest BCUT2D eigenvalue weighted by molar-refractivity contribution is -0.0000187. The maximum absolute atomic E-state index is 4.27. The van der Waals surface area contributed by atoms with Crippen LogP contribution < -0.4 is 32.8 Å². The lowest BCUT2D eigenvalue weighted by Crippen LogP contribution is -3.00. The Hall–Kier alpha value is 0.560. The number of halogens is 1. The van der Waals surface area contributed by atoms with Gasteiger partial charge in [-0.3, -0.25) is 0 Å². The summed E-state index contributed by atoms with van der Waals surface area (Å²) >= 11 is 0. The first-order chi connectivity index (χ1) is 15.7. The summed E-state index contributed by atoms with van der Waals surface area (Å²) in [6.45, 7) is 47.2. The van der Waals surface area contributed by atoms with Gasteiger partial charge in [0.15, 0.2) is 0 Å². The molecule has 0 heterocycles. The lowest BCUT2D eigenvalue weighted by atomic mass is 9.82. The first kappa shape index (κ1) is 40.7. The third kappa shape index (κ3) is 19.6. The molecule has 232 valence electrons. The van der Waals surface area contributed by atoms with Crippen molar-refractivity contribution in [3.8, 4) is 0 Å². The zero-order valence-electron chi connectivity index (χ0n) is 29.7. The van der Waals surface area contributed by atoms with E-state index in [4.69, 9.17) is 0 Å². The largest absolute Gasteiger partial charge is 1.00 e. The molecule has 0 unspecified atom stereocenters. The second-order valence-corrected chi connectivity index (χ2v) is 21.8. The van der Waals surface area contributed by atoms with E-state index in [-0.39, 0.29) is 56.2 Å². The van der Waals surface area contributed by atoms with E-state index in [1.54, 1.807) is 0 Å². The van der Waals surface area contributed by atoms with Crippen LogP contribution in [0.2, 0.25) is 0 Å². The molecule has 0 aromatic carbocycles. The molecule has 0 aromatic rings. The van der Waals surface area contributed by atoms with Crippen LogP contribution in [0.25, 0.3) is 0 Å². The Morgan fingerprint density at radius 3 is 0.553 bits per heavy atom. The predicted octanol–water partition coefficient (Wildman–Crippen LogP) is 6.89. The molecule has 0 bridgehead atoms. The molecule has 0 atom stereocenters. The standard InChI is InChI=1S/C32H72N4P.ClH/c1-25(2,3)21-29(13,14)33-37(34-30(15,16)22-26(4,5)6,35-31(17,18)23-27(7,8)9)36-32(19,20)24-28(10,11)12;/h33-36H,21-24H2,1-20H3;1H/q+1;/p-1. The normalized spacial score (nSPS) is 15.5. The van der Waals surface area contributed by atoms with Crippen molar-refractivity contribution < 1.29 is 12.4 Å². The highest BCUT2D eigenvalue weighted by Crippen LogP contribution is 2.53. The zero-order valence-corrected chi connectivity index (χ0v) is 31.3. The van der Waals surface area contributed by atoms with Crippen LogP contribution in [0, 0.1) is 21.7 Å². The summed E-state index contributed by atoms with van der Waals surface area (Å²) in [7, 11) is -2.33. The van der Waals surface area contributed by atoms with Crippen LogP contribution in [0.1, 0.15) is 164 Å². The third-order valence-electron chi connectivity index (χ3n) is 5.77. The molecule has 0 saturated carbocycles. The Balaban J connectivity index is 0. The van der Waals surface area contributed by atoms with Crippen LogP contribution in [-0.4, -0.2) is 22.2 Å². The van der Waals surface area contributed by atoms with E-state index in [9.17, 15) is 0 Å². The van der Waals surface area contributed by atoms with Gasteiger partial charge in [0, 0.05) is 0 Å². The smallest absolute Gasteiger partial charge is 0.300 e. The molecule has 0 aliphatic carbocycles.